The average Bonchev–Trinajstić information content (AvgIpc) is 3.92. The molecule has 3 heteroatoms. The number of para-hydroxylation sites is 1. The average molecular weight is 796 g/mol. The number of rotatable bonds is 7. The molecular weight excluding hydrogens is 759 g/mol. The van der Waals surface area contributed by atoms with E-state index in [4.69, 9.17) is 4.42 Å². The van der Waals surface area contributed by atoms with Crippen LogP contribution < -0.4 is 4.90 Å². The molecule has 0 amide bonds. The molecule has 0 spiro atoms. The van der Waals surface area contributed by atoms with Crippen molar-refractivity contribution in [2.45, 2.75) is 0 Å². The summed E-state index contributed by atoms with van der Waals surface area (Å²) >= 11 is 1.87. The second kappa shape index (κ2) is 14.5. The summed E-state index contributed by atoms with van der Waals surface area (Å²) in [6.45, 7) is 0. The molecule has 0 aliphatic rings. The van der Waals surface area contributed by atoms with Crippen molar-refractivity contribution in [1.82, 2.24) is 0 Å². The minimum Gasteiger partial charge on any atom is -0.456 e. The standard InChI is InChI=1S/C58H37NOS/c1-3-13-38(14-4-1)39-27-31-45(32-28-39)59(46-18-11-17-44(35-46)47-21-12-22-49-48-19-8-10-24-56(48)61-58(47)49)53-33-29-43(36-51(53)40-15-5-2-6-16-40)42-26-25-41-30-34-55-57(52(41)37-42)50-20-7-9-23-54(50)60-55/h1-37H. The minimum absolute atomic E-state index is 0.908. The van der Waals surface area contributed by atoms with Gasteiger partial charge in [0.05, 0.1) is 5.69 Å². The zero-order valence-corrected chi connectivity index (χ0v) is 33.9. The SMILES string of the molecule is c1ccc(-c2ccc(N(c3cccc(-c4cccc5c4sc4ccccc45)c3)c3ccc(-c4ccc5ccc6oc7ccccc7c6c5c4)cc3-c3ccccc3)cc2)cc1. The lowest BCUT2D eigenvalue weighted by atomic mass is 9.94. The van der Waals surface area contributed by atoms with Crippen LogP contribution in [0.1, 0.15) is 0 Å². The van der Waals surface area contributed by atoms with Crippen LogP contribution in [0.5, 0.6) is 0 Å². The van der Waals surface area contributed by atoms with E-state index in [1.807, 2.05) is 17.4 Å². The summed E-state index contributed by atoms with van der Waals surface area (Å²) in [5.41, 5.74) is 14.5. The zero-order chi connectivity index (χ0) is 40.3. The number of nitrogens with zero attached hydrogens (tertiary/aromatic N) is 1. The van der Waals surface area contributed by atoms with Gasteiger partial charge < -0.3 is 9.32 Å². The molecule has 0 aliphatic carbocycles. The number of furan rings is 1. The van der Waals surface area contributed by atoms with E-state index in [2.05, 4.69) is 223 Å². The number of anilines is 3. The Balaban J connectivity index is 1.05. The minimum atomic E-state index is 0.908. The van der Waals surface area contributed by atoms with Crippen molar-refractivity contribution in [3.63, 3.8) is 0 Å². The van der Waals surface area contributed by atoms with Crippen LogP contribution in [-0.4, -0.2) is 0 Å². The maximum atomic E-state index is 6.31. The lowest BCUT2D eigenvalue weighted by Gasteiger charge is -2.29. The van der Waals surface area contributed by atoms with Crippen LogP contribution in [0.3, 0.4) is 0 Å². The fourth-order valence-corrected chi connectivity index (χ4v) is 10.4. The molecule has 2 heterocycles. The van der Waals surface area contributed by atoms with Crippen LogP contribution in [0.2, 0.25) is 0 Å². The maximum absolute atomic E-state index is 6.31. The van der Waals surface area contributed by atoms with Gasteiger partial charge >= 0.3 is 0 Å². The molecule has 61 heavy (non-hydrogen) atoms. The molecular formula is C58H37NOS. The second-order valence-corrected chi connectivity index (χ2v) is 16.7. The molecule has 0 saturated carbocycles. The third-order valence-corrected chi connectivity index (χ3v) is 13.3. The molecule has 12 aromatic rings. The third-order valence-electron chi connectivity index (χ3n) is 12.1. The van der Waals surface area contributed by atoms with Crippen LogP contribution in [0.4, 0.5) is 17.1 Å². The Hall–Kier alpha value is -7.72. The van der Waals surface area contributed by atoms with Crippen molar-refractivity contribution in [2.75, 3.05) is 4.90 Å². The van der Waals surface area contributed by atoms with Gasteiger partial charge in [0.25, 0.3) is 0 Å². The number of benzene rings is 10. The molecule has 0 atom stereocenters. The highest BCUT2D eigenvalue weighted by Gasteiger charge is 2.21. The Morgan fingerprint density at radius 2 is 0.984 bits per heavy atom. The van der Waals surface area contributed by atoms with E-state index in [0.717, 1.165) is 61.3 Å². The highest BCUT2D eigenvalue weighted by Crippen LogP contribution is 2.46. The van der Waals surface area contributed by atoms with Crippen molar-refractivity contribution in [1.29, 1.82) is 0 Å². The molecule has 10 aromatic carbocycles. The van der Waals surface area contributed by atoms with Gasteiger partial charge in [-0.2, -0.15) is 0 Å². The summed E-state index contributed by atoms with van der Waals surface area (Å²) in [7, 11) is 0. The van der Waals surface area contributed by atoms with E-state index in [1.165, 1.54) is 53.2 Å². The van der Waals surface area contributed by atoms with Crippen molar-refractivity contribution < 1.29 is 4.42 Å². The smallest absolute Gasteiger partial charge is 0.136 e. The fraction of sp³-hybridized carbons (Fsp3) is 0. The largest absolute Gasteiger partial charge is 0.456 e. The third kappa shape index (κ3) is 6.09. The molecule has 0 unspecified atom stereocenters. The molecule has 0 radical (unpaired) electrons. The van der Waals surface area contributed by atoms with E-state index in [0.29, 0.717) is 0 Å². The van der Waals surface area contributed by atoms with Crippen LogP contribution in [0.25, 0.3) is 97.4 Å². The number of hydrogen-bond donors (Lipinski definition) is 0. The maximum Gasteiger partial charge on any atom is 0.136 e. The summed E-state index contributed by atoms with van der Waals surface area (Å²) in [4.78, 5) is 2.43. The predicted octanol–water partition coefficient (Wildman–Crippen LogP) is 17.2. The monoisotopic (exact) mass is 795 g/mol. The Bertz CT molecular complexity index is 3580. The van der Waals surface area contributed by atoms with E-state index in [9.17, 15) is 0 Å². The molecule has 0 fully saturated rings. The first kappa shape index (κ1) is 35.2. The Morgan fingerprint density at radius 3 is 1.84 bits per heavy atom. The molecule has 0 aliphatic heterocycles. The Morgan fingerprint density at radius 1 is 0.344 bits per heavy atom. The van der Waals surface area contributed by atoms with Gasteiger partial charge in [0.15, 0.2) is 0 Å². The first-order valence-corrected chi connectivity index (χ1v) is 21.6. The number of fused-ring (bicyclic) bond motifs is 8. The van der Waals surface area contributed by atoms with Gasteiger partial charge in [-0.15, -0.1) is 11.3 Å². The summed E-state index contributed by atoms with van der Waals surface area (Å²) in [5.74, 6) is 0. The van der Waals surface area contributed by atoms with Crippen molar-refractivity contribution >= 4 is 81.3 Å². The van der Waals surface area contributed by atoms with Crippen LogP contribution in [0.15, 0.2) is 229 Å². The second-order valence-electron chi connectivity index (χ2n) is 15.6. The Labute approximate surface area is 357 Å². The van der Waals surface area contributed by atoms with Crippen molar-refractivity contribution in [3.05, 3.63) is 224 Å². The van der Waals surface area contributed by atoms with Gasteiger partial charge in [0.1, 0.15) is 11.2 Å². The molecule has 286 valence electrons. The lowest BCUT2D eigenvalue weighted by molar-refractivity contribution is 0.669. The van der Waals surface area contributed by atoms with Crippen LogP contribution >= 0.6 is 11.3 Å². The zero-order valence-electron chi connectivity index (χ0n) is 33.1. The first-order chi connectivity index (χ1) is 30.2. The normalized spacial score (nSPS) is 11.6. The summed E-state index contributed by atoms with van der Waals surface area (Å²) in [6.07, 6.45) is 0. The highest BCUT2D eigenvalue weighted by molar-refractivity contribution is 7.26. The lowest BCUT2D eigenvalue weighted by Crippen LogP contribution is -2.11. The fourth-order valence-electron chi connectivity index (χ4n) is 9.13. The molecule has 0 bridgehead atoms. The van der Waals surface area contributed by atoms with Gasteiger partial charge in [-0.05, 0) is 110 Å². The van der Waals surface area contributed by atoms with Gasteiger partial charge in [-0.3, -0.25) is 0 Å². The van der Waals surface area contributed by atoms with E-state index in [-0.39, 0.29) is 0 Å². The number of thiophene rings is 1. The topological polar surface area (TPSA) is 16.4 Å². The predicted molar refractivity (Wildman–Crippen MR) is 261 cm³/mol. The highest BCUT2D eigenvalue weighted by atomic mass is 32.1. The summed E-state index contributed by atoms with van der Waals surface area (Å²) < 4.78 is 8.93. The van der Waals surface area contributed by atoms with E-state index in [1.54, 1.807) is 0 Å². The molecule has 0 N–H and O–H groups in total. The molecule has 0 saturated heterocycles. The molecule has 12 rings (SSSR count). The summed E-state index contributed by atoms with van der Waals surface area (Å²) in [6, 6.07) is 81.3. The quantitative estimate of drug-likeness (QED) is 0.160. The molecule has 2 aromatic heterocycles. The van der Waals surface area contributed by atoms with Gasteiger partial charge in [-0.1, -0.05) is 164 Å². The van der Waals surface area contributed by atoms with Gasteiger partial charge in [-0.25, -0.2) is 0 Å². The van der Waals surface area contributed by atoms with Crippen LogP contribution in [0, 0.1) is 0 Å². The summed E-state index contributed by atoms with van der Waals surface area (Å²) in [5, 5.41) is 7.29. The van der Waals surface area contributed by atoms with Crippen LogP contribution in [-0.2, 0) is 0 Å². The van der Waals surface area contributed by atoms with Gasteiger partial charge in [0.2, 0.25) is 0 Å². The van der Waals surface area contributed by atoms with Crippen molar-refractivity contribution in [2.24, 2.45) is 0 Å². The molecule has 2 nitrogen and oxygen atoms in total. The number of hydrogen-bond acceptors (Lipinski definition) is 3. The Kier molecular flexibility index (Phi) is 8.39. The van der Waals surface area contributed by atoms with E-state index < -0.39 is 0 Å². The first-order valence-electron chi connectivity index (χ1n) is 20.7. The van der Waals surface area contributed by atoms with Crippen molar-refractivity contribution in [3.8, 4) is 44.5 Å². The van der Waals surface area contributed by atoms with Gasteiger partial charge in [0, 0.05) is 47.9 Å². The van der Waals surface area contributed by atoms with E-state index >= 15 is 0 Å².